The molecule has 0 fully saturated rings. The Labute approximate surface area is 134 Å². The zero-order chi connectivity index (χ0) is 15.7. The van der Waals surface area contributed by atoms with Crippen LogP contribution in [0.2, 0.25) is 0 Å². The normalized spacial score (nSPS) is 8.84. The summed E-state index contributed by atoms with van der Waals surface area (Å²) >= 11 is 0. The van der Waals surface area contributed by atoms with E-state index in [1.165, 1.54) is 0 Å². The van der Waals surface area contributed by atoms with Crippen LogP contribution in [0.4, 0.5) is 0 Å². The maximum absolute atomic E-state index is 9.53. The first kappa shape index (κ1) is 31.8. The van der Waals surface area contributed by atoms with E-state index in [-0.39, 0.29) is 28.3 Å². The average molecular weight is 314 g/mol. The van der Waals surface area contributed by atoms with Crippen LogP contribution in [-0.4, -0.2) is 55.6 Å². The summed E-state index contributed by atoms with van der Waals surface area (Å²) in [5.74, 6) is 0. The second kappa shape index (κ2) is 27.0. The molecule has 0 spiro atoms. The van der Waals surface area contributed by atoms with Crippen LogP contribution in [0.15, 0.2) is 0 Å². The molecule has 19 heavy (non-hydrogen) atoms. The van der Waals surface area contributed by atoms with E-state index in [1.54, 1.807) is 41.5 Å². The van der Waals surface area contributed by atoms with Gasteiger partial charge in [0.15, 0.2) is 0 Å². The third-order valence-corrected chi connectivity index (χ3v) is 0.547. The van der Waals surface area contributed by atoms with Gasteiger partial charge in [0.25, 0.3) is 0 Å². The van der Waals surface area contributed by atoms with Crippen molar-refractivity contribution in [3.8, 4) is 0 Å². The van der Waals surface area contributed by atoms with Crippen LogP contribution < -0.4 is 15.3 Å². The summed E-state index contributed by atoms with van der Waals surface area (Å²) in [5.41, 5.74) is 0. The van der Waals surface area contributed by atoms with Gasteiger partial charge >= 0.3 is 21.7 Å². The fourth-order valence-electron chi connectivity index (χ4n) is 0.200. The molecule has 6 heteroatoms. The first-order valence-corrected chi connectivity index (χ1v) is 6.20. The minimum atomic E-state index is -0.417. The fraction of sp³-hybridized carbons (Fsp3) is 1.00. The summed E-state index contributed by atoms with van der Waals surface area (Å²) in [6.07, 6.45) is -1.25. The van der Waals surface area contributed by atoms with E-state index < -0.39 is 18.3 Å². The van der Waals surface area contributed by atoms with Gasteiger partial charge < -0.3 is 25.3 Å². The molecule has 0 bridgehead atoms. The predicted molar refractivity (Wildman–Crippen MR) is 71.0 cm³/mol. The molecule has 0 aromatic rings. The van der Waals surface area contributed by atoms with E-state index in [4.69, 9.17) is 5.11 Å². The molecule has 0 aromatic carbocycles. The van der Waals surface area contributed by atoms with Gasteiger partial charge in [-0.3, -0.25) is 0 Å². The van der Waals surface area contributed by atoms with Gasteiger partial charge in [0.1, 0.15) is 0 Å². The topological polar surface area (TPSA) is 92.6 Å². The minimum Gasteiger partial charge on any atom is -0.852 e. The first-order valence-electron chi connectivity index (χ1n) is 6.20. The van der Waals surface area contributed by atoms with E-state index in [1.807, 2.05) is 19.0 Å². The molecular formula is C13H32NO4Ti. The van der Waals surface area contributed by atoms with Crippen LogP contribution in [0, 0.1) is 0 Å². The summed E-state index contributed by atoms with van der Waals surface area (Å²) in [4.78, 5) is 1.93. The first-order chi connectivity index (χ1) is 7.97. The smallest absolute Gasteiger partial charge is 0.852 e. The van der Waals surface area contributed by atoms with E-state index in [9.17, 15) is 15.3 Å². The minimum absolute atomic E-state index is 0. The molecular weight excluding hydrogens is 282 g/mol. The van der Waals surface area contributed by atoms with Crippen LogP contribution in [0.25, 0.3) is 0 Å². The summed E-state index contributed by atoms with van der Waals surface area (Å²) in [6, 6.07) is 0. The molecule has 0 aliphatic carbocycles. The average Bonchev–Trinajstić information content (AvgIpc) is 1.98. The zero-order valence-electron chi connectivity index (χ0n) is 13.8. The van der Waals surface area contributed by atoms with Crippen LogP contribution >= 0.6 is 0 Å². The van der Waals surface area contributed by atoms with Crippen LogP contribution in [0.3, 0.4) is 0 Å². The van der Waals surface area contributed by atoms with Gasteiger partial charge in [-0.15, -0.1) is 18.3 Å². The molecule has 5 nitrogen and oxygen atoms in total. The van der Waals surface area contributed by atoms with Gasteiger partial charge in [0, 0.05) is 6.54 Å². The monoisotopic (exact) mass is 314 g/mol. The van der Waals surface area contributed by atoms with Crippen molar-refractivity contribution >= 4 is 0 Å². The van der Waals surface area contributed by atoms with E-state index in [0.29, 0.717) is 0 Å². The second-order valence-corrected chi connectivity index (χ2v) is 4.67. The molecule has 117 valence electrons. The number of aliphatic hydroxyl groups is 1. The van der Waals surface area contributed by atoms with Crippen molar-refractivity contribution in [3.63, 3.8) is 0 Å². The Morgan fingerprint density at radius 3 is 0.947 bits per heavy atom. The third-order valence-electron chi connectivity index (χ3n) is 0.547. The van der Waals surface area contributed by atoms with E-state index in [0.717, 1.165) is 6.54 Å². The van der Waals surface area contributed by atoms with Crippen molar-refractivity contribution in [3.05, 3.63) is 0 Å². The van der Waals surface area contributed by atoms with Gasteiger partial charge in [0.2, 0.25) is 0 Å². The molecule has 0 heterocycles. The van der Waals surface area contributed by atoms with Crippen LogP contribution in [0.1, 0.15) is 41.5 Å². The Hall–Kier alpha value is 0.514. The molecule has 0 aliphatic heterocycles. The summed E-state index contributed by atoms with van der Waals surface area (Å²) < 4.78 is 0. The molecule has 1 N–H and O–H groups in total. The molecule has 0 saturated heterocycles. The standard InChI is InChI=1S/C4H11NO.3C3H7O.Ti/c1-5(2)3-4-6;3*1-3(2)4;/h6H,3-4H2,1-2H3;3*3H,1-2H3;/q;3*-1;+3. The number of hydrogen-bond acceptors (Lipinski definition) is 5. The van der Waals surface area contributed by atoms with Gasteiger partial charge in [0.05, 0.1) is 6.61 Å². The van der Waals surface area contributed by atoms with E-state index >= 15 is 0 Å². The van der Waals surface area contributed by atoms with Crippen molar-refractivity contribution in [1.82, 2.24) is 4.90 Å². The van der Waals surface area contributed by atoms with Crippen molar-refractivity contribution in [1.29, 1.82) is 0 Å². The second-order valence-electron chi connectivity index (χ2n) is 4.67. The fourth-order valence-corrected chi connectivity index (χ4v) is 0.200. The van der Waals surface area contributed by atoms with Crippen LogP contribution in [0.5, 0.6) is 0 Å². The maximum atomic E-state index is 9.53. The molecule has 0 atom stereocenters. The predicted octanol–water partition coefficient (Wildman–Crippen LogP) is -1.20. The quantitative estimate of drug-likeness (QED) is 0.647. The summed E-state index contributed by atoms with van der Waals surface area (Å²) in [6.45, 7) is 10.7. The Morgan fingerprint density at radius 2 is 0.947 bits per heavy atom. The molecule has 0 saturated carbocycles. The molecule has 0 aromatic heterocycles. The maximum Gasteiger partial charge on any atom is 3.00 e. The zero-order valence-corrected chi connectivity index (χ0v) is 15.3. The van der Waals surface area contributed by atoms with E-state index in [2.05, 4.69) is 0 Å². The largest absolute Gasteiger partial charge is 3.00 e. The Balaban J connectivity index is -0.0000000459. The molecule has 0 aliphatic rings. The number of aliphatic hydroxyl groups excluding tert-OH is 1. The number of hydrogen-bond donors (Lipinski definition) is 1. The van der Waals surface area contributed by atoms with Crippen molar-refractivity contribution < 1.29 is 42.1 Å². The summed E-state index contributed by atoms with van der Waals surface area (Å²) in [7, 11) is 3.85. The van der Waals surface area contributed by atoms with Crippen molar-refractivity contribution in [2.24, 2.45) is 0 Å². The summed E-state index contributed by atoms with van der Waals surface area (Å²) in [5, 5.41) is 36.8. The van der Waals surface area contributed by atoms with Crippen molar-refractivity contribution in [2.75, 3.05) is 27.2 Å². The molecule has 0 amide bonds. The van der Waals surface area contributed by atoms with Gasteiger partial charge in [-0.05, 0) is 14.1 Å². The molecule has 0 unspecified atom stereocenters. The Kier molecular flexibility index (Phi) is 45.1. The SMILES string of the molecule is CC(C)[O-].CC(C)[O-].CC(C)[O-].CN(C)CCO.[Ti+3]. The Morgan fingerprint density at radius 1 is 0.789 bits per heavy atom. The van der Waals surface area contributed by atoms with Crippen molar-refractivity contribution in [2.45, 2.75) is 59.9 Å². The van der Waals surface area contributed by atoms with Gasteiger partial charge in [-0.25, -0.2) is 0 Å². The third kappa shape index (κ3) is 409. The molecule has 0 rings (SSSR count). The van der Waals surface area contributed by atoms with Gasteiger partial charge in [-0.1, -0.05) is 41.5 Å². The van der Waals surface area contributed by atoms with Crippen LogP contribution in [-0.2, 0) is 21.7 Å². The number of nitrogens with zero attached hydrogens (tertiary/aromatic N) is 1. The number of likely N-dealkylation sites (N-methyl/N-ethyl adjacent to an activating group) is 1. The van der Waals surface area contributed by atoms with Gasteiger partial charge in [-0.2, -0.15) is 0 Å². The Bertz CT molecular complexity index is 101. The number of rotatable bonds is 2. The molecule has 1 radical (unpaired) electrons.